The van der Waals surface area contributed by atoms with Crippen molar-refractivity contribution < 1.29 is 32.6 Å². The lowest BCUT2D eigenvalue weighted by Gasteiger charge is -2.37. The molecule has 14 heteroatoms. The molecule has 0 saturated carbocycles. The van der Waals surface area contributed by atoms with Crippen molar-refractivity contribution in [2.45, 2.75) is 18.3 Å². The molecule has 1 saturated heterocycles. The number of imidazole rings is 1. The molecule has 170 valence electrons. The van der Waals surface area contributed by atoms with Crippen molar-refractivity contribution in [1.82, 2.24) is 20.2 Å². The molecule has 1 unspecified atom stereocenters. The van der Waals surface area contributed by atoms with E-state index in [4.69, 9.17) is 27.9 Å². The number of anilines is 1. The summed E-state index contributed by atoms with van der Waals surface area (Å²) in [5, 5.41) is 15.1. The summed E-state index contributed by atoms with van der Waals surface area (Å²) in [6, 6.07) is 2.60. The maximum atomic E-state index is 13.8. The number of carboxylic acid groups (broad SMARTS) is 1. The number of amides is 1. The molecule has 31 heavy (non-hydrogen) atoms. The molecule has 1 aliphatic rings. The smallest absolute Gasteiger partial charge is 0.436 e. The van der Waals surface area contributed by atoms with Crippen LogP contribution in [0.15, 0.2) is 12.1 Å². The third kappa shape index (κ3) is 5.14. The largest absolute Gasteiger partial charge is 0.545 e. The number of ether oxygens (including phenoxy) is 1. The van der Waals surface area contributed by atoms with Crippen molar-refractivity contribution in [3.63, 3.8) is 0 Å². The number of halogens is 5. The van der Waals surface area contributed by atoms with Gasteiger partial charge in [0.1, 0.15) is 0 Å². The lowest BCUT2D eigenvalue weighted by molar-refractivity contribution is -0.329. The Kier molecular flexibility index (Phi) is 6.84. The average molecular weight is 483 g/mol. The molecule has 3 rings (SSSR count). The molecule has 0 radical (unpaired) electrons. The zero-order valence-corrected chi connectivity index (χ0v) is 17.3. The summed E-state index contributed by atoms with van der Waals surface area (Å²) in [5.74, 6) is -4.32. The van der Waals surface area contributed by atoms with Crippen LogP contribution in [-0.4, -0.2) is 71.4 Å². The van der Waals surface area contributed by atoms with Gasteiger partial charge in [0, 0.05) is 26.1 Å². The Morgan fingerprint density at radius 2 is 1.87 bits per heavy atom. The molecular weight excluding hydrogens is 466 g/mol. The number of hydrogen-bond donors (Lipinski definition) is 3. The number of nitrogens with zero attached hydrogens (tertiary/aromatic N) is 2. The molecule has 9 nitrogen and oxygen atoms in total. The van der Waals surface area contributed by atoms with Crippen LogP contribution in [0.4, 0.5) is 19.1 Å². The van der Waals surface area contributed by atoms with Crippen LogP contribution in [0.1, 0.15) is 6.42 Å². The lowest BCUT2D eigenvalue weighted by atomic mass is 10.1. The van der Waals surface area contributed by atoms with E-state index in [0.717, 1.165) is 0 Å². The SMILES string of the molecule is O=C(CCN1CCOCC1)NC(Nc1nc2cc(Cl)c(Cl)cc2[nH]1)(C(=O)[O-])C(F)(F)F. The third-order valence-corrected chi connectivity index (χ3v) is 5.37. The predicted molar refractivity (Wildman–Crippen MR) is 104 cm³/mol. The highest BCUT2D eigenvalue weighted by molar-refractivity contribution is 6.42. The average Bonchev–Trinajstić information content (AvgIpc) is 3.06. The van der Waals surface area contributed by atoms with Gasteiger partial charge in [-0.05, 0) is 12.1 Å². The summed E-state index contributed by atoms with van der Waals surface area (Å²) < 4.78 is 46.7. The van der Waals surface area contributed by atoms with Crippen LogP contribution in [0.25, 0.3) is 11.0 Å². The van der Waals surface area contributed by atoms with Crippen LogP contribution in [-0.2, 0) is 14.3 Å². The van der Waals surface area contributed by atoms with Gasteiger partial charge < -0.3 is 30.3 Å². The standard InChI is InChI=1S/C17H18Cl2F3N5O4/c18-9-7-11-12(8-10(9)19)24-15(23-11)26-16(14(29)30,17(20,21)22)25-13(28)1-2-27-3-5-31-6-4-27/h7-8H,1-6H2,(H,25,28)(H,29,30)(H2,23,24,26)/p-1. The fourth-order valence-corrected chi connectivity index (χ4v) is 3.31. The molecule has 2 heterocycles. The van der Waals surface area contributed by atoms with Crippen molar-refractivity contribution in [3.05, 3.63) is 22.2 Å². The van der Waals surface area contributed by atoms with E-state index < -0.39 is 29.7 Å². The highest BCUT2D eigenvalue weighted by Crippen LogP contribution is 2.33. The molecule has 0 bridgehead atoms. The minimum atomic E-state index is -5.46. The van der Waals surface area contributed by atoms with Gasteiger partial charge in [0.25, 0.3) is 5.66 Å². The number of fused-ring (bicyclic) bond motifs is 1. The molecule has 0 spiro atoms. The Morgan fingerprint density at radius 3 is 2.48 bits per heavy atom. The third-order valence-electron chi connectivity index (χ3n) is 4.65. The Labute approximate surface area is 183 Å². The summed E-state index contributed by atoms with van der Waals surface area (Å²) in [6.07, 6.45) is -5.83. The van der Waals surface area contributed by atoms with Gasteiger partial charge in [0.15, 0.2) is 0 Å². The van der Waals surface area contributed by atoms with E-state index in [0.29, 0.717) is 26.3 Å². The molecule has 1 aromatic heterocycles. The number of hydrogen-bond acceptors (Lipinski definition) is 7. The van der Waals surface area contributed by atoms with Crippen LogP contribution in [0.2, 0.25) is 10.0 Å². The Bertz CT molecular complexity index is 942. The number of aliphatic carboxylic acids is 1. The van der Waals surface area contributed by atoms with Gasteiger partial charge in [-0.1, -0.05) is 23.2 Å². The molecule has 2 aromatic rings. The number of carbonyl (C=O) groups excluding carboxylic acids is 2. The molecule has 3 N–H and O–H groups in total. The molecule has 0 aliphatic carbocycles. The Balaban J connectivity index is 1.83. The van der Waals surface area contributed by atoms with Crippen LogP contribution in [0.5, 0.6) is 0 Å². The van der Waals surface area contributed by atoms with E-state index in [1.165, 1.54) is 17.4 Å². The second kappa shape index (κ2) is 9.07. The number of H-pyrrole nitrogens is 1. The van der Waals surface area contributed by atoms with Crippen molar-refractivity contribution >= 4 is 52.1 Å². The minimum Gasteiger partial charge on any atom is -0.545 e. The molecule has 1 aliphatic heterocycles. The van der Waals surface area contributed by atoms with Gasteiger partial charge in [-0.15, -0.1) is 0 Å². The zero-order valence-electron chi connectivity index (χ0n) is 15.8. The molecular formula is C17H17Cl2F3N5O4-. The first kappa shape index (κ1) is 23.4. The number of rotatable bonds is 7. The Morgan fingerprint density at radius 1 is 1.23 bits per heavy atom. The van der Waals surface area contributed by atoms with E-state index in [9.17, 15) is 27.9 Å². The van der Waals surface area contributed by atoms with Crippen molar-refractivity contribution in [2.75, 3.05) is 38.2 Å². The number of nitrogens with one attached hydrogen (secondary N) is 3. The minimum absolute atomic E-state index is 0.102. The van der Waals surface area contributed by atoms with Crippen molar-refractivity contribution in [3.8, 4) is 0 Å². The van der Waals surface area contributed by atoms with E-state index in [-0.39, 0.29) is 34.0 Å². The highest BCUT2D eigenvalue weighted by atomic mass is 35.5. The topological polar surface area (TPSA) is 122 Å². The fourth-order valence-electron chi connectivity index (χ4n) is 2.99. The molecule has 1 fully saturated rings. The van der Waals surface area contributed by atoms with Gasteiger partial charge in [-0.25, -0.2) is 4.98 Å². The van der Waals surface area contributed by atoms with E-state index >= 15 is 0 Å². The van der Waals surface area contributed by atoms with Gasteiger partial charge in [0.05, 0.1) is 40.3 Å². The summed E-state index contributed by atoms with van der Waals surface area (Å²) >= 11 is 11.7. The molecule has 1 atom stereocenters. The van der Waals surface area contributed by atoms with Crippen LogP contribution in [0, 0.1) is 0 Å². The first-order valence-electron chi connectivity index (χ1n) is 9.04. The number of morpholine rings is 1. The molecule has 1 amide bonds. The maximum absolute atomic E-state index is 13.8. The van der Waals surface area contributed by atoms with E-state index in [2.05, 4.69) is 9.97 Å². The normalized spacial score (nSPS) is 17.3. The van der Waals surface area contributed by atoms with Gasteiger partial charge in [-0.2, -0.15) is 13.2 Å². The first-order valence-corrected chi connectivity index (χ1v) is 9.79. The Hall–Kier alpha value is -2.28. The summed E-state index contributed by atoms with van der Waals surface area (Å²) in [5.41, 5.74) is -3.59. The van der Waals surface area contributed by atoms with Gasteiger partial charge in [-0.3, -0.25) is 9.69 Å². The monoisotopic (exact) mass is 482 g/mol. The van der Waals surface area contributed by atoms with Gasteiger partial charge >= 0.3 is 6.18 Å². The van der Waals surface area contributed by atoms with Gasteiger partial charge in [0.2, 0.25) is 11.9 Å². The number of aromatic amines is 1. The fraction of sp³-hybridized carbons (Fsp3) is 0.471. The van der Waals surface area contributed by atoms with Crippen molar-refractivity contribution in [2.24, 2.45) is 0 Å². The summed E-state index contributed by atoms with van der Waals surface area (Å²) in [7, 11) is 0. The number of aromatic nitrogens is 2. The second-order valence-electron chi connectivity index (χ2n) is 6.78. The number of benzene rings is 1. The van der Waals surface area contributed by atoms with Crippen LogP contribution < -0.4 is 15.7 Å². The first-order chi connectivity index (χ1) is 14.5. The maximum Gasteiger partial charge on any atom is 0.436 e. The second-order valence-corrected chi connectivity index (χ2v) is 7.60. The summed E-state index contributed by atoms with van der Waals surface area (Å²) in [6.45, 7) is 2.04. The summed E-state index contributed by atoms with van der Waals surface area (Å²) in [4.78, 5) is 32.0. The predicted octanol–water partition coefficient (Wildman–Crippen LogP) is 1.13. The number of carbonyl (C=O) groups is 2. The van der Waals surface area contributed by atoms with Crippen LogP contribution in [0.3, 0.4) is 0 Å². The van der Waals surface area contributed by atoms with Crippen molar-refractivity contribution in [1.29, 1.82) is 0 Å². The number of alkyl halides is 3. The number of carboxylic acids is 1. The van der Waals surface area contributed by atoms with E-state index in [1.54, 1.807) is 5.32 Å². The lowest BCUT2D eigenvalue weighted by Crippen LogP contribution is -2.72. The highest BCUT2D eigenvalue weighted by Gasteiger charge is 2.58. The van der Waals surface area contributed by atoms with E-state index in [1.807, 2.05) is 4.90 Å². The van der Waals surface area contributed by atoms with Crippen LogP contribution >= 0.6 is 23.2 Å². The molecule has 1 aromatic carbocycles. The quantitative estimate of drug-likeness (QED) is 0.505. The zero-order chi connectivity index (χ0) is 22.8.